The van der Waals surface area contributed by atoms with Gasteiger partial charge in [-0.2, -0.15) is 0 Å². The number of nitrogens with one attached hydrogen (secondary N) is 1. The Bertz CT molecular complexity index is 818. The lowest BCUT2D eigenvalue weighted by atomic mass is 9.96. The molecule has 0 bridgehead atoms. The van der Waals surface area contributed by atoms with Gasteiger partial charge in [0, 0.05) is 16.6 Å². The third-order valence-corrected chi connectivity index (χ3v) is 4.70. The third kappa shape index (κ3) is 3.72. The van der Waals surface area contributed by atoms with Crippen LogP contribution >= 0.6 is 0 Å². The molecule has 0 aliphatic rings. The number of hydrogen-bond donors (Lipinski definition) is 2. The number of ether oxygens (including phenoxy) is 1. The van der Waals surface area contributed by atoms with Gasteiger partial charge in [0.1, 0.15) is 5.75 Å². The molecule has 0 amide bonds. The molecule has 3 nitrogen and oxygen atoms in total. The third-order valence-electron chi connectivity index (χ3n) is 4.70. The van der Waals surface area contributed by atoms with E-state index in [1.807, 2.05) is 0 Å². The first kappa shape index (κ1) is 17.6. The Morgan fingerprint density at radius 1 is 1.04 bits per heavy atom. The van der Waals surface area contributed by atoms with Crippen molar-refractivity contribution < 1.29 is 4.74 Å². The number of aromatic nitrogens is 1. The lowest BCUT2D eigenvalue weighted by molar-refractivity contribution is 0.309. The average Bonchev–Trinajstić information content (AvgIpc) is 3.01. The summed E-state index contributed by atoms with van der Waals surface area (Å²) in [4.78, 5) is 3.57. The zero-order chi connectivity index (χ0) is 17.6. The van der Waals surface area contributed by atoms with Crippen molar-refractivity contribution >= 4 is 10.9 Å². The number of H-pyrrole nitrogens is 1. The summed E-state index contributed by atoms with van der Waals surface area (Å²) in [5.74, 6) is 0.940. The quantitative estimate of drug-likeness (QED) is 0.564. The molecule has 3 aromatic rings. The highest BCUT2D eigenvalue weighted by atomic mass is 16.5. The molecule has 3 heteroatoms. The van der Waals surface area contributed by atoms with Crippen molar-refractivity contribution in [1.29, 1.82) is 0 Å². The second-order valence-electron chi connectivity index (χ2n) is 6.43. The lowest BCUT2D eigenvalue weighted by Gasteiger charge is -2.09. The van der Waals surface area contributed by atoms with E-state index in [2.05, 4.69) is 61.3 Å². The molecular formula is C22H28N2O. The van der Waals surface area contributed by atoms with Gasteiger partial charge in [-0.3, -0.25) is 0 Å². The van der Waals surface area contributed by atoms with E-state index >= 15 is 0 Å². The van der Waals surface area contributed by atoms with E-state index in [9.17, 15) is 0 Å². The number of hydrogen-bond acceptors (Lipinski definition) is 2. The van der Waals surface area contributed by atoms with Crippen molar-refractivity contribution in [3.8, 4) is 16.9 Å². The second kappa shape index (κ2) is 8.21. The minimum absolute atomic E-state index is 0.665. The number of benzene rings is 2. The fourth-order valence-electron chi connectivity index (χ4n) is 3.40. The van der Waals surface area contributed by atoms with Crippen LogP contribution in [0.15, 0.2) is 42.5 Å². The predicted molar refractivity (Wildman–Crippen MR) is 106 cm³/mol. The van der Waals surface area contributed by atoms with E-state index in [0.29, 0.717) is 6.54 Å². The molecule has 0 aliphatic carbocycles. The van der Waals surface area contributed by atoms with Crippen LogP contribution in [0, 0.1) is 0 Å². The predicted octanol–water partition coefficient (Wildman–Crippen LogP) is 5.08. The minimum atomic E-state index is 0.665. The van der Waals surface area contributed by atoms with E-state index < -0.39 is 0 Å². The highest BCUT2D eigenvalue weighted by molar-refractivity contribution is 5.98. The highest BCUT2D eigenvalue weighted by Crippen LogP contribution is 2.34. The molecule has 0 fully saturated rings. The molecule has 3 N–H and O–H groups in total. The Balaban J connectivity index is 1.99. The molecule has 132 valence electrons. The van der Waals surface area contributed by atoms with Crippen molar-refractivity contribution in [2.75, 3.05) is 13.2 Å². The first-order valence-electron chi connectivity index (χ1n) is 9.34. The molecule has 1 aromatic heterocycles. The smallest absolute Gasteiger partial charge is 0.119 e. The van der Waals surface area contributed by atoms with Crippen LogP contribution in [-0.4, -0.2) is 18.1 Å². The maximum Gasteiger partial charge on any atom is 0.119 e. The lowest BCUT2D eigenvalue weighted by Crippen LogP contribution is -2.04. The number of fused-ring (bicyclic) bond motifs is 1. The van der Waals surface area contributed by atoms with Gasteiger partial charge in [0.2, 0.25) is 0 Å². The van der Waals surface area contributed by atoms with E-state index in [0.717, 1.165) is 38.0 Å². The highest BCUT2D eigenvalue weighted by Gasteiger charge is 2.14. The second-order valence-corrected chi connectivity index (χ2v) is 6.43. The van der Waals surface area contributed by atoms with Crippen molar-refractivity contribution in [1.82, 2.24) is 4.98 Å². The molecule has 1 heterocycles. The summed E-state index contributed by atoms with van der Waals surface area (Å²) in [5, 5.41) is 1.31. The minimum Gasteiger partial charge on any atom is -0.494 e. The number of unbranched alkanes of at least 4 members (excludes halogenated alkanes) is 1. The van der Waals surface area contributed by atoms with Crippen LogP contribution in [0.4, 0.5) is 0 Å². The molecule has 2 aromatic carbocycles. The summed E-state index contributed by atoms with van der Waals surface area (Å²) in [6.45, 7) is 5.81. The molecule has 0 spiro atoms. The molecular weight excluding hydrogens is 308 g/mol. The molecule has 25 heavy (non-hydrogen) atoms. The Kier molecular flexibility index (Phi) is 5.77. The Labute approximate surface area is 150 Å². The summed E-state index contributed by atoms with van der Waals surface area (Å²) in [6, 6.07) is 14.9. The Hall–Kier alpha value is -2.26. The normalized spacial score (nSPS) is 11.2. The van der Waals surface area contributed by atoms with Gasteiger partial charge >= 0.3 is 0 Å². The SMILES string of the molecule is CCCCOc1ccc(-c2cccc3[nH]c(CC)c(CCN)c23)cc1. The molecule has 0 saturated heterocycles. The zero-order valence-corrected chi connectivity index (χ0v) is 15.3. The Morgan fingerprint density at radius 2 is 1.84 bits per heavy atom. The summed E-state index contributed by atoms with van der Waals surface area (Å²) < 4.78 is 5.79. The molecule has 0 atom stereocenters. The monoisotopic (exact) mass is 336 g/mol. The van der Waals surface area contributed by atoms with Crippen LogP contribution in [0.3, 0.4) is 0 Å². The van der Waals surface area contributed by atoms with Gasteiger partial charge in [0.15, 0.2) is 0 Å². The van der Waals surface area contributed by atoms with Crippen molar-refractivity contribution in [3.05, 3.63) is 53.7 Å². The average molecular weight is 336 g/mol. The Morgan fingerprint density at radius 3 is 2.52 bits per heavy atom. The van der Waals surface area contributed by atoms with Crippen molar-refractivity contribution in [3.63, 3.8) is 0 Å². The van der Waals surface area contributed by atoms with Crippen LogP contribution in [-0.2, 0) is 12.8 Å². The molecule has 0 unspecified atom stereocenters. The number of aromatic amines is 1. The van der Waals surface area contributed by atoms with Crippen LogP contribution in [0.2, 0.25) is 0 Å². The van der Waals surface area contributed by atoms with Gasteiger partial charge in [-0.15, -0.1) is 0 Å². The molecule has 0 saturated carbocycles. The largest absolute Gasteiger partial charge is 0.494 e. The zero-order valence-electron chi connectivity index (χ0n) is 15.3. The van der Waals surface area contributed by atoms with E-state index in [4.69, 9.17) is 10.5 Å². The van der Waals surface area contributed by atoms with Crippen molar-refractivity contribution in [2.24, 2.45) is 5.73 Å². The van der Waals surface area contributed by atoms with E-state index in [1.54, 1.807) is 0 Å². The molecule has 0 aliphatic heterocycles. The van der Waals surface area contributed by atoms with Gasteiger partial charge in [0.05, 0.1) is 6.61 Å². The van der Waals surface area contributed by atoms with Crippen LogP contribution in [0.5, 0.6) is 5.75 Å². The first-order valence-corrected chi connectivity index (χ1v) is 9.34. The summed E-state index contributed by atoms with van der Waals surface area (Å²) in [6.07, 6.45) is 4.13. The maximum absolute atomic E-state index is 5.87. The summed E-state index contributed by atoms with van der Waals surface area (Å²) in [7, 11) is 0. The molecule has 0 radical (unpaired) electrons. The summed E-state index contributed by atoms with van der Waals surface area (Å²) in [5.41, 5.74) is 12.2. The topological polar surface area (TPSA) is 51.0 Å². The van der Waals surface area contributed by atoms with Gasteiger partial charge < -0.3 is 15.5 Å². The summed E-state index contributed by atoms with van der Waals surface area (Å²) >= 11 is 0. The van der Waals surface area contributed by atoms with Gasteiger partial charge in [-0.05, 0) is 60.7 Å². The van der Waals surface area contributed by atoms with Crippen LogP contribution in [0.1, 0.15) is 37.9 Å². The van der Waals surface area contributed by atoms with E-state index in [1.165, 1.54) is 33.3 Å². The maximum atomic E-state index is 5.87. The van der Waals surface area contributed by atoms with Crippen LogP contribution in [0.25, 0.3) is 22.0 Å². The standard InChI is InChI=1S/C22H28N2O/c1-3-5-15-25-17-11-9-16(10-12-17)18-7-6-8-21-22(18)19(13-14-23)20(4-2)24-21/h6-12,24H,3-5,13-15,23H2,1-2H3. The fraction of sp³-hybridized carbons (Fsp3) is 0.364. The van der Waals surface area contributed by atoms with Crippen LogP contribution < -0.4 is 10.5 Å². The van der Waals surface area contributed by atoms with Gasteiger partial charge in [0.25, 0.3) is 0 Å². The van der Waals surface area contributed by atoms with E-state index in [-0.39, 0.29) is 0 Å². The number of nitrogens with two attached hydrogens (primary N) is 1. The fourth-order valence-corrected chi connectivity index (χ4v) is 3.40. The number of rotatable bonds is 8. The first-order chi connectivity index (χ1) is 12.3. The van der Waals surface area contributed by atoms with Gasteiger partial charge in [-0.1, -0.05) is 44.5 Å². The molecule has 3 rings (SSSR count). The van der Waals surface area contributed by atoms with Crippen molar-refractivity contribution in [2.45, 2.75) is 39.5 Å². The van der Waals surface area contributed by atoms with Gasteiger partial charge in [-0.25, -0.2) is 0 Å². The number of aryl methyl sites for hydroxylation is 1.